The Bertz CT molecular complexity index is 1020. The van der Waals surface area contributed by atoms with E-state index in [4.69, 9.17) is 0 Å². The number of aromatic amines is 1. The van der Waals surface area contributed by atoms with E-state index in [-0.39, 0.29) is 5.56 Å². The first-order valence-electron chi connectivity index (χ1n) is 7.61. The summed E-state index contributed by atoms with van der Waals surface area (Å²) in [6, 6.07) is 15.8. The number of para-hydroxylation sites is 1. The van der Waals surface area contributed by atoms with Crippen LogP contribution < -0.4 is 5.56 Å². The van der Waals surface area contributed by atoms with Crippen molar-refractivity contribution in [2.45, 2.75) is 11.8 Å². The van der Waals surface area contributed by atoms with Gasteiger partial charge < -0.3 is 0 Å². The summed E-state index contributed by atoms with van der Waals surface area (Å²) in [5.74, 6) is -0.811. The summed E-state index contributed by atoms with van der Waals surface area (Å²) in [5.41, 5.74) is 1.69. The van der Waals surface area contributed by atoms with E-state index in [1.807, 2.05) is 18.2 Å². The molecule has 0 bridgehead atoms. The number of fused-ring (bicyclic) bond motifs is 1. The topological polar surface area (TPSA) is 75.2 Å². The normalized spacial score (nSPS) is 13.4. The van der Waals surface area contributed by atoms with Crippen LogP contribution in [-0.2, 0) is 0 Å². The van der Waals surface area contributed by atoms with Gasteiger partial charge in [0.1, 0.15) is 4.90 Å². The highest BCUT2D eigenvalue weighted by molar-refractivity contribution is 7.98. The average molecular weight is 351 g/mol. The third kappa shape index (κ3) is 2.40. The Morgan fingerprint density at radius 3 is 2.00 bits per heavy atom. The molecule has 0 saturated heterocycles. The highest BCUT2D eigenvalue weighted by Gasteiger charge is 2.37. The minimum absolute atomic E-state index is 0.301. The molecule has 0 unspecified atom stereocenters. The Hall–Kier alpha value is -3.06. The summed E-state index contributed by atoms with van der Waals surface area (Å²) in [6.45, 7) is 1.74. The number of nitrogens with zero attached hydrogens (tertiary/aromatic N) is 2. The molecule has 1 aliphatic heterocycles. The number of amides is 2. The zero-order chi connectivity index (χ0) is 17.6. The maximum absolute atomic E-state index is 12.7. The fourth-order valence-corrected chi connectivity index (χ4v) is 3.64. The Balaban J connectivity index is 1.72. The van der Waals surface area contributed by atoms with Gasteiger partial charge in [-0.2, -0.15) is 0 Å². The van der Waals surface area contributed by atoms with Crippen molar-refractivity contribution in [3.63, 3.8) is 0 Å². The number of hydrogen-bond acceptors (Lipinski definition) is 4. The molecule has 2 amide bonds. The second-order valence-corrected chi connectivity index (χ2v) is 6.54. The van der Waals surface area contributed by atoms with Gasteiger partial charge in [-0.1, -0.05) is 30.3 Å². The van der Waals surface area contributed by atoms with Crippen molar-refractivity contribution in [3.8, 4) is 5.69 Å². The lowest BCUT2D eigenvalue weighted by Gasteiger charge is -2.10. The maximum atomic E-state index is 12.7. The third-order valence-corrected chi connectivity index (χ3v) is 5.15. The van der Waals surface area contributed by atoms with Gasteiger partial charge in [0, 0.05) is 11.9 Å². The molecular formula is C18H13N3O3S. The lowest BCUT2D eigenvalue weighted by atomic mass is 10.1. The maximum Gasteiger partial charge on any atom is 0.286 e. The summed E-state index contributed by atoms with van der Waals surface area (Å²) in [4.78, 5) is 38.0. The molecular weight excluding hydrogens is 338 g/mol. The van der Waals surface area contributed by atoms with E-state index < -0.39 is 11.8 Å². The van der Waals surface area contributed by atoms with Crippen molar-refractivity contribution < 1.29 is 9.59 Å². The van der Waals surface area contributed by atoms with Crippen LogP contribution >= 0.6 is 11.9 Å². The minimum Gasteiger partial charge on any atom is -0.294 e. The largest absolute Gasteiger partial charge is 0.294 e. The first kappa shape index (κ1) is 15.5. The summed E-state index contributed by atoms with van der Waals surface area (Å²) in [6.07, 6.45) is 0. The highest BCUT2D eigenvalue weighted by atomic mass is 32.2. The number of hydrogen-bond donors (Lipinski definition) is 1. The van der Waals surface area contributed by atoms with Crippen LogP contribution in [0.5, 0.6) is 0 Å². The number of rotatable bonds is 3. The number of aryl methyl sites for hydroxylation is 1. The lowest BCUT2D eigenvalue weighted by Crippen LogP contribution is -2.24. The first-order chi connectivity index (χ1) is 12.1. The fourth-order valence-electron chi connectivity index (χ4n) is 2.74. The van der Waals surface area contributed by atoms with Gasteiger partial charge in [-0.05, 0) is 31.2 Å². The van der Waals surface area contributed by atoms with E-state index in [0.717, 1.165) is 16.3 Å². The molecule has 1 aromatic heterocycles. The Morgan fingerprint density at radius 1 is 0.840 bits per heavy atom. The predicted molar refractivity (Wildman–Crippen MR) is 93.9 cm³/mol. The van der Waals surface area contributed by atoms with E-state index >= 15 is 0 Å². The first-order valence-corrected chi connectivity index (χ1v) is 8.38. The van der Waals surface area contributed by atoms with Crippen LogP contribution in [0.15, 0.2) is 64.3 Å². The molecule has 3 aromatic rings. The van der Waals surface area contributed by atoms with Crippen molar-refractivity contribution in [1.82, 2.24) is 14.1 Å². The number of imide groups is 1. The molecule has 0 radical (unpaired) electrons. The summed E-state index contributed by atoms with van der Waals surface area (Å²) >= 11 is 0.862. The van der Waals surface area contributed by atoms with Crippen molar-refractivity contribution in [2.24, 2.45) is 0 Å². The Morgan fingerprint density at radius 2 is 1.40 bits per heavy atom. The monoisotopic (exact) mass is 351 g/mol. The van der Waals surface area contributed by atoms with E-state index in [1.165, 1.54) is 4.68 Å². The van der Waals surface area contributed by atoms with Gasteiger partial charge in [0.2, 0.25) is 0 Å². The predicted octanol–water partition coefficient (Wildman–Crippen LogP) is 2.78. The zero-order valence-corrected chi connectivity index (χ0v) is 14.0. The van der Waals surface area contributed by atoms with Gasteiger partial charge in [0.15, 0.2) is 0 Å². The van der Waals surface area contributed by atoms with Crippen molar-refractivity contribution in [1.29, 1.82) is 0 Å². The van der Waals surface area contributed by atoms with Crippen LogP contribution in [0.2, 0.25) is 0 Å². The summed E-state index contributed by atoms with van der Waals surface area (Å²) in [5, 5.41) is 2.99. The van der Waals surface area contributed by atoms with Gasteiger partial charge in [-0.25, -0.2) is 8.99 Å². The van der Waals surface area contributed by atoms with Gasteiger partial charge >= 0.3 is 0 Å². The lowest BCUT2D eigenvalue weighted by molar-refractivity contribution is 0.0777. The molecule has 124 valence electrons. The van der Waals surface area contributed by atoms with Gasteiger partial charge in [0.05, 0.1) is 22.5 Å². The second-order valence-electron chi connectivity index (χ2n) is 5.58. The Kier molecular flexibility index (Phi) is 3.58. The molecule has 6 nitrogen and oxygen atoms in total. The SMILES string of the molecule is Cc1[nH]n(-c2ccccc2)c(=O)c1SN1C(=O)c2ccccc2C1=O. The molecule has 0 aliphatic carbocycles. The minimum atomic E-state index is -0.406. The molecule has 25 heavy (non-hydrogen) atoms. The van der Waals surface area contributed by atoms with Crippen LogP contribution in [0.4, 0.5) is 0 Å². The fraction of sp³-hybridized carbons (Fsp3) is 0.0556. The summed E-state index contributed by atoms with van der Waals surface area (Å²) in [7, 11) is 0. The number of H-pyrrole nitrogens is 1. The quantitative estimate of drug-likeness (QED) is 0.582. The van der Waals surface area contributed by atoms with Crippen LogP contribution in [-0.4, -0.2) is 25.9 Å². The molecule has 2 heterocycles. The zero-order valence-electron chi connectivity index (χ0n) is 13.2. The number of carbonyl (C=O) groups excluding carboxylic acids is 2. The molecule has 0 saturated carbocycles. The van der Waals surface area contributed by atoms with Crippen LogP contribution in [0.3, 0.4) is 0 Å². The van der Waals surface area contributed by atoms with E-state index in [0.29, 0.717) is 27.4 Å². The molecule has 0 atom stereocenters. The van der Waals surface area contributed by atoms with Gasteiger partial charge in [-0.3, -0.25) is 19.5 Å². The smallest absolute Gasteiger partial charge is 0.286 e. The Labute approximate surface area is 147 Å². The summed E-state index contributed by atoms with van der Waals surface area (Å²) < 4.78 is 2.44. The molecule has 1 N–H and O–H groups in total. The standard InChI is InChI=1S/C18H13N3O3S/c1-11-15(18(24)20(19-11)12-7-3-2-4-8-12)25-21-16(22)13-9-5-6-10-14(13)17(21)23/h2-10,19H,1H3. The molecule has 0 spiro atoms. The number of aromatic nitrogens is 2. The number of carbonyl (C=O) groups is 2. The molecule has 7 heteroatoms. The van der Waals surface area contributed by atoms with Crippen molar-refractivity contribution in [2.75, 3.05) is 0 Å². The van der Waals surface area contributed by atoms with E-state index in [2.05, 4.69) is 5.10 Å². The second kappa shape index (κ2) is 5.78. The van der Waals surface area contributed by atoms with E-state index in [9.17, 15) is 14.4 Å². The van der Waals surface area contributed by atoms with Crippen LogP contribution in [0, 0.1) is 6.92 Å². The molecule has 1 aliphatic rings. The van der Waals surface area contributed by atoms with E-state index in [1.54, 1.807) is 43.3 Å². The molecule has 0 fully saturated rings. The van der Waals surface area contributed by atoms with Crippen LogP contribution in [0.1, 0.15) is 26.4 Å². The van der Waals surface area contributed by atoms with Gasteiger partial charge in [0.25, 0.3) is 17.4 Å². The molecule has 4 rings (SSSR count). The van der Waals surface area contributed by atoms with Gasteiger partial charge in [-0.15, -0.1) is 0 Å². The van der Waals surface area contributed by atoms with Crippen molar-refractivity contribution >= 4 is 23.8 Å². The number of benzene rings is 2. The van der Waals surface area contributed by atoms with Crippen LogP contribution in [0.25, 0.3) is 5.69 Å². The average Bonchev–Trinajstić information content (AvgIpc) is 3.06. The highest BCUT2D eigenvalue weighted by Crippen LogP contribution is 2.32. The molecule has 2 aromatic carbocycles. The number of nitrogens with one attached hydrogen (secondary N) is 1. The third-order valence-electron chi connectivity index (χ3n) is 3.97. The van der Waals surface area contributed by atoms with Crippen molar-refractivity contribution in [3.05, 3.63) is 81.8 Å².